The zero-order chi connectivity index (χ0) is 16.1. The number of allylic oxidation sites excluding steroid dienone is 2. The first-order chi connectivity index (χ1) is 10.5. The summed E-state index contributed by atoms with van der Waals surface area (Å²) in [5.41, 5.74) is 0.410. The molecule has 2 N–H and O–H groups in total. The van der Waals surface area contributed by atoms with Crippen molar-refractivity contribution in [1.29, 1.82) is 5.26 Å². The quantitative estimate of drug-likeness (QED) is 0.498. The number of hydrogen-bond donors (Lipinski definition) is 2. The van der Waals surface area contributed by atoms with Crippen LogP contribution in [0.1, 0.15) is 12.8 Å². The summed E-state index contributed by atoms with van der Waals surface area (Å²) in [4.78, 5) is 24.2. The summed E-state index contributed by atoms with van der Waals surface area (Å²) in [6, 6.07) is 4.86. The highest BCUT2D eigenvalue weighted by molar-refractivity contribution is 8.03. The van der Waals surface area contributed by atoms with E-state index < -0.39 is 17.8 Å². The lowest BCUT2D eigenvalue weighted by molar-refractivity contribution is -0.146. The molecule has 7 heteroatoms. The second-order valence-electron chi connectivity index (χ2n) is 4.82. The molecule has 0 radical (unpaired) electrons. The molecule has 114 valence electrons. The monoisotopic (exact) mass is 336 g/mol. The zero-order valence-corrected chi connectivity index (χ0v) is 13.0. The van der Waals surface area contributed by atoms with E-state index in [0.717, 1.165) is 11.8 Å². The molecule has 0 aliphatic heterocycles. The van der Waals surface area contributed by atoms with E-state index in [9.17, 15) is 14.7 Å². The van der Waals surface area contributed by atoms with Crippen molar-refractivity contribution in [1.82, 2.24) is 0 Å². The third kappa shape index (κ3) is 3.81. The van der Waals surface area contributed by atoms with Gasteiger partial charge in [-0.05, 0) is 42.8 Å². The molecule has 0 fully saturated rings. The number of nitrogens with zero attached hydrogens (tertiary/aromatic N) is 1. The largest absolute Gasteiger partial charge is 0.481 e. The zero-order valence-electron chi connectivity index (χ0n) is 11.5. The van der Waals surface area contributed by atoms with Crippen molar-refractivity contribution in [3.8, 4) is 5.40 Å². The minimum atomic E-state index is -0.976. The van der Waals surface area contributed by atoms with Crippen LogP contribution in [0, 0.1) is 22.5 Å². The molecule has 22 heavy (non-hydrogen) atoms. The summed E-state index contributed by atoms with van der Waals surface area (Å²) >= 11 is 7.05. The van der Waals surface area contributed by atoms with Gasteiger partial charge in [-0.25, -0.2) is 0 Å². The van der Waals surface area contributed by atoms with Crippen LogP contribution in [0.4, 0.5) is 5.69 Å². The molecule has 1 aliphatic carbocycles. The van der Waals surface area contributed by atoms with Gasteiger partial charge in [-0.2, -0.15) is 5.26 Å². The summed E-state index contributed by atoms with van der Waals surface area (Å²) in [7, 11) is 0. The number of halogens is 1. The fourth-order valence-corrected chi connectivity index (χ4v) is 3.03. The molecule has 0 heterocycles. The Labute approximate surface area is 137 Å². The first kappa shape index (κ1) is 16.4. The topological polar surface area (TPSA) is 90.2 Å². The van der Waals surface area contributed by atoms with E-state index in [1.54, 1.807) is 24.3 Å². The number of nitrogens with one attached hydrogen (secondary N) is 1. The van der Waals surface area contributed by atoms with Crippen molar-refractivity contribution in [2.75, 3.05) is 5.32 Å². The molecule has 0 unspecified atom stereocenters. The Morgan fingerprint density at radius 1 is 1.32 bits per heavy atom. The molecular weight excluding hydrogens is 324 g/mol. The molecule has 1 amide bonds. The normalized spacial score (nSPS) is 20.2. The van der Waals surface area contributed by atoms with Crippen LogP contribution in [-0.2, 0) is 9.59 Å². The Kier molecular flexibility index (Phi) is 5.47. The van der Waals surface area contributed by atoms with E-state index in [2.05, 4.69) is 5.32 Å². The maximum Gasteiger partial charge on any atom is 0.307 e. The van der Waals surface area contributed by atoms with Crippen LogP contribution in [0.15, 0.2) is 35.2 Å². The van der Waals surface area contributed by atoms with Crippen LogP contribution in [0.2, 0.25) is 5.02 Å². The highest BCUT2D eigenvalue weighted by Gasteiger charge is 2.34. The van der Waals surface area contributed by atoms with Crippen molar-refractivity contribution in [2.45, 2.75) is 17.7 Å². The fourth-order valence-electron chi connectivity index (χ4n) is 2.32. The van der Waals surface area contributed by atoms with Crippen LogP contribution in [-0.4, -0.2) is 17.0 Å². The standard InChI is InChI=1S/C15H13ClN2O3S/c16-12-7-9(22-8-17)5-6-13(12)18-14(19)10-3-1-2-4-11(10)15(20)21/h1-2,5-7,10-11H,3-4H2,(H,18,19)(H,20,21)/t10-,11+/m1/s1. The average molecular weight is 337 g/mol. The lowest BCUT2D eigenvalue weighted by atomic mass is 9.82. The van der Waals surface area contributed by atoms with E-state index in [-0.39, 0.29) is 5.91 Å². The third-order valence-corrected chi connectivity index (χ3v) is 4.34. The van der Waals surface area contributed by atoms with Gasteiger partial charge < -0.3 is 10.4 Å². The molecule has 0 saturated carbocycles. The number of carbonyl (C=O) groups is 2. The van der Waals surface area contributed by atoms with Gasteiger partial charge in [0.25, 0.3) is 0 Å². The summed E-state index contributed by atoms with van der Waals surface area (Å²) in [6.07, 6.45) is 4.34. The van der Waals surface area contributed by atoms with E-state index in [1.807, 2.05) is 11.5 Å². The Morgan fingerprint density at radius 2 is 2.00 bits per heavy atom. The molecule has 1 aromatic rings. The van der Waals surface area contributed by atoms with Crippen molar-refractivity contribution in [3.63, 3.8) is 0 Å². The Balaban J connectivity index is 2.13. The van der Waals surface area contributed by atoms with Crippen LogP contribution in [0.5, 0.6) is 0 Å². The van der Waals surface area contributed by atoms with Gasteiger partial charge >= 0.3 is 5.97 Å². The SMILES string of the molecule is N#CSc1ccc(NC(=O)[C@@H]2CC=CC[C@@H]2C(=O)O)c(Cl)c1. The number of amides is 1. The number of benzene rings is 1. The average Bonchev–Trinajstić information content (AvgIpc) is 2.50. The number of carbonyl (C=O) groups excluding carboxylic acids is 1. The highest BCUT2D eigenvalue weighted by Crippen LogP contribution is 2.31. The van der Waals surface area contributed by atoms with Crippen molar-refractivity contribution in [2.24, 2.45) is 11.8 Å². The van der Waals surface area contributed by atoms with Gasteiger partial charge in [0, 0.05) is 4.90 Å². The maximum absolute atomic E-state index is 12.3. The van der Waals surface area contributed by atoms with Gasteiger partial charge in [0.1, 0.15) is 5.40 Å². The van der Waals surface area contributed by atoms with E-state index >= 15 is 0 Å². The van der Waals surface area contributed by atoms with Gasteiger partial charge in [-0.15, -0.1) is 0 Å². The lowest BCUT2D eigenvalue weighted by Crippen LogP contribution is -2.34. The molecule has 0 aromatic heterocycles. The molecule has 0 bridgehead atoms. The number of thioether (sulfide) groups is 1. The fraction of sp³-hybridized carbons (Fsp3) is 0.267. The van der Waals surface area contributed by atoms with Gasteiger partial charge in [-0.3, -0.25) is 9.59 Å². The molecule has 0 spiro atoms. The van der Waals surface area contributed by atoms with Gasteiger partial charge in [-0.1, -0.05) is 23.8 Å². The summed E-state index contributed by atoms with van der Waals surface area (Å²) in [5, 5.41) is 22.7. The van der Waals surface area contributed by atoms with Gasteiger partial charge in [0.2, 0.25) is 5.91 Å². The third-order valence-electron chi connectivity index (χ3n) is 3.45. The van der Waals surface area contributed by atoms with Crippen LogP contribution in [0.25, 0.3) is 0 Å². The Bertz CT molecular complexity index is 669. The number of anilines is 1. The minimum Gasteiger partial charge on any atom is -0.481 e. The van der Waals surface area contributed by atoms with Crippen molar-refractivity contribution >= 4 is 40.9 Å². The Hall–Kier alpha value is -1.97. The van der Waals surface area contributed by atoms with Gasteiger partial charge in [0.05, 0.1) is 22.5 Å². The van der Waals surface area contributed by atoms with E-state index in [1.165, 1.54) is 0 Å². The first-order valence-corrected chi connectivity index (χ1v) is 7.76. The molecule has 1 aromatic carbocycles. The van der Waals surface area contributed by atoms with Crippen molar-refractivity contribution < 1.29 is 14.7 Å². The number of carboxylic acids is 1. The summed E-state index contributed by atoms with van der Waals surface area (Å²) in [5.74, 6) is -2.68. The smallest absolute Gasteiger partial charge is 0.307 e. The molecule has 2 atom stereocenters. The second kappa shape index (κ2) is 7.34. The van der Waals surface area contributed by atoms with Crippen molar-refractivity contribution in [3.05, 3.63) is 35.4 Å². The van der Waals surface area contributed by atoms with Crippen LogP contribution in [0.3, 0.4) is 0 Å². The summed E-state index contributed by atoms with van der Waals surface area (Å²) in [6.45, 7) is 0. The molecule has 5 nitrogen and oxygen atoms in total. The van der Waals surface area contributed by atoms with Crippen LogP contribution >= 0.6 is 23.4 Å². The number of carboxylic acid groups (broad SMARTS) is 1. The van der Waals surface area contributed by atoms with E-state index in [0.29, 0.717) is 28.4 Å². The predicted octanol–water partition coefficient (Wildman–Crippen LogP) is 3.52. The molecular formula is C15H13ClN2O3S. The molecule has 2 rings (SSSR count). The minimum absolute atomic E-state index is 0.312. The second-order valence-corrected chi connectivity index (χ2v) is 6.08. The Morgan fingerprint density at radius 3 is 2.59 bits per heavy atom. The number of rotatable bonds is 4. The lowest BCUT2D eigenvalue weighted by Gasteiger charge is -2.24. The highest BCUT2D eigenvalue weighted by atomic mass is 35.5. The number of thiocyanates is 1. The number of nitriles is 1. The first-order valence-electron chi connectivity index (χ1n) is 6.57. The van der Waals surface area contributed by atoms with E-state index in [4.69, 9.17) is 16.9 Å². The number of hydrogen-bond acceptors (Lipinski definition) is 4. The molecule has 0 saturated heterocycles. The van der Waals surface area contributed by atoms with Crippen LogP contribution < -0.4 is 5.32 Å². The number of aliphatic carboxylic acids is 1. The molecule has 1 aliphatic rings. The maximum atomic E-state index is 12.3. The predicted molar refractivity (Wildman–Crippen MR) is 84.5 cm³/mol. The summed E-state index contributed by atoms with van der Waals surface area (Å²) < 4.78 is 0. The van der Waals surface area contributed by atoms with Gasteiger partial charge in [0.15, 0.2) is 0 Å².